The highest BCUT2D eigenvalue weighted by Gasteiger charge is 2.40. The lowest BCUT2D eigenvalue weighted by Crippen LogP contribution is -2.55. The number of rotatable bonds is 14. The topological polar surface area (TPSA) is 89.1 Å². The minimum Gasteiger partial charge on any atom is -0.496 e. The molecular weight excluding hydrogens is 554 g/mol. The summed E-state index contributed by atoms with van der Waals surface area (Å²) in [6, 6.07) is 21.4. The van der Waals surface area contributed by atoms with Crippen molar-refractivity contribution in [2.75, 3.05) is 33.4 Å². The second-order valence-corrected chi connectivity index (χ2v) is 11.8. The van der Waals surface area contributed by atoms with Crippen molar-refractivity contribution in [3.05, 3.63) is 94.5 Å². The van der Waals surface area contributed by atoms with Crippen molar-refractivity contribution in [1.29, 1.82) is 0 Å². The third kappa shape index (κ3) is 8.18. The Labute approximate surface area is 261 Å². The van der Waals surface area contributed by atoms with E-state index < -0.39 is 0 Å². The van der Waals surface area contributed by atoms with E-state index in [9.17, 15) is 9.59 Å². The van der Waals surface area contributed by atoms with Crippen molar-refractivity contribution in [3.8, 4) is 11.5 Å². The number of carbonyl (C=O) groups excluding carboxylic acids is 2. The average Bonchev–Trinajstić information content (AvgIpc) is 3.89. The number of nitrogens with zero attached hydrogens (tertiary/aromatic N) is 1. The maximum Gasteiger partial charge on any atom is 0.251 e. The van der Waals surface area contributed by atoms with Crippen LogP contribution in [0, 0.1) is 19.8 Å². The van der Waals surface area contributed by atoms with Crippen molar-refractivity contribution < 1.29 is 23.8 Å². The van der Waals surface area contributed by atoms with Crippen LogP contribution in [-0.4, -0.2) is 62.2 Å². The van der Waals surface area contributed by atoms with Crippen LogP contribution in [0.15, 0.2) is 66.7 Å². The Balaban J connectivity index is 1.10. The highest BCUT2D eigenvalue weighted by atomic mass is 16.5. The summed E-state index contributed by atoms with van der Waals surface area (Å²) in [5, 5.41) is 6.56. The van der Waals surface area contributed by atoms with Gasteiger partial charge in [-0.05, 0) is 86.7 Å². The van der Waals surface area contributed by atoms with Crippen LogP contribution in [0.4, 0.5) is 0 Å². The van der Waals surface area contributed by atoms with E-state index in [1.165, 1.54) is 16.7 Å². The first-order chi connectivity index (χ1) is 21.4. The Morgan fingerprint density at radius 2 is 1.70 bits per heavy atom. The Kier molecular flexibility index (Phi) is 10.9. The van der Waals surface area contributed by atoms with Crippen LogP contribution in [0.1, 0.15) is 58.3 Å². The Morgan fingerprint density at radius 1 is 0.932 bits per heavy atom. The number of para-hydroxylation sites is 1. The molecule has 1 unspecified atom stereocenters. The van der Waals surface area contributed by atoms with E-state index in [0.29, 0.717) is 50.6 Å². The number of ether oxygens (including phenoxy) is 3. The fourth-order valence-corrected chi connectivity index (χ4v) is 5.75. The van der Waals surface area contributed by atoms with Gasteiger partial charge in [0.2, 0.25) is 5.91 Å². The molecule has 1 saturated carbocycles. The van der Waals surface area contributed by atoms with Crippen molar-refractivity contribution in [2.24, 2.45) is 5.92 Å². The van der Waals surface area contributed by atoms with Gasteiger partial charge in [-0.3, -0.25) is 9.59 Å². The molecule has 0 aromatic heterocycles. The molecule has 8 heteroatoms. The number of nitrogens with one attached hydrogen (secondary N) is 2. The summed E-state index contributed by atoms with van der Waals surface area (Å²) in [5.41, 5.74) is 5.24. The molecule has 1 aliphatic carbocycles. The number of benzene rings is 3. The lowest BCUT2D eigenvalue weighted by Gasteiger charge is -2.36. The Bertz CT molecular complexity index is 1410. The molecule has 2 fully saturated rings. The molecule has 2 N–H and O–H groups in total. The summed E-state index contributed by atoms with van der Waals surface area (Å²) in [6.07, 6.45) is 3.53. The van der Waals surface area contributed by atoms with Gasteiger partial charge >= 0.3 is 0 Å². The predicted molar refractivity (Wildman–Crippen MR) is 171 cm³/mol. The van der Waals surface area contributed by atoms with E-state index in [0.717, 1.165) is 37.1 Å². The molecule has 5 rings (SSSR count). The van der Waals surface area contributed by atoms with Crippen LogP contribution < -0.4 is 20.1 Å². The highest BCUT2D eigenvalue weighted by molar-refractivity contribution is 5.95. The lowest BCUT2D eigenvalue weighted by molar-refractivity contribution is -0.138. The molecular formula is C36H45N3O5. The van der Waals surface area contributed by atoms with Gasteiger partial charge in [-0.2, -0.15) is 0 Å². The summed E-state index contributed by atoms with van der Waals surface area (Å²) >= 11 is 0. The molecule has 0 radical (unpaired) electrons. The number of amides is 2. The zero-order valence-electron chi connectivity index (χ0n) is 26.1. The van der Waals surface area contributed by atoms with Crippen LogP contribution in [0.2, 0.25) is 0 Å². The minimum absolute atomic E-state index is 0.126. The Hall–Kier alpha value is -3.88. The predicted octanol–water partition coefficient (Wildman–Crippen LogP) is 5.20. The first kappa shape index (κ1) is 31.5. The zero-order valence-corrected chi connectivity index (χ0v) is 26.1. The standard InChI is InChI=1S/C36H45N3O5/c1-25-8-6-10-28(26(25)2)23-39(30-14-15-30)36(41)32-22-37-19-18-33(32)38-35(40)27-12-16-31(17-13-27)44-21-7-20-43-24-29-9-4-5-11-34(29)42-3/h4-6,8-13,16-17,30,32-33,37H,7,14-15,18-24H2,1-3H3,(H,38,40)/t32?,33-/m0/s1. The number of methoxy groups -OCH3 is 1. The number of piperidine rings is 1. The van der Waals surface area contributed by atoms with Gasteiger partial charge in [-0.25, -0.2) is 0 Å². The molecule has 8 nitrogen and oxygen atoms in total. The van der Waals surface area contributed by atoms with Gasteiger partial charge < -0.3 is 29.7 Å². The summed E-state index contributed by atoms with van der Waals surface area (Å²) < 4.78 is 17.0. The molecule has 234 valence electrons. The van der Waals surface area contributed by atoms with Crippen LogP contribution in [0.25, 0.3) is 0 Å². The first-order valence-corrected chi connectivity index (χ1v) is 15.7. The third-order valence-electron chi connectivity index (χ3n) is 8.71. The summed E-state index contributed by atoms with van der Waals surface area (Å²) in [4.78, 5) is 29.2. The molecule has 0 spiro atoms. The molecule has 0 bridgehead atoms. The zero-order chi connectivity index (χ0) is 30.9. The third-order valence-corrected chi connectivity index (χ3v) is 8.71. The van der Waals surface area contributed by atoms with E-state index in [1.807, 2.05) is 41.3 Å². The van der Waals surface area contributed by atoms with Crippen molar-refractivity contribution in [3.63, 3.8) is 0 Å². The Morgan fingerprint density at radius 3 is 2.48 bits per heavy atom. The molecule has 44 heavy (non-hydrogen) atoms. The quantitative estimate of drug-likeness (QED) is 0.248. The van der Waals surface area contributed by atoms with Gasteiger partial charge in [-0.15, -0.1) is 0 Å². The van der Waals surface area contributed by atoms with E-state index in [-0.39, 0.29) is 29.8 Å². The van der Waals surface area contributed by atoms with E-state index in [2.05, 4.69) is 42.7 Å². The van der Waals surface area contributed by atoms with Crippen LogP contribution >= 0.6 is 0 Å². The van der Waals surface area contributed by atoms with Crippen molar-refractivity contribution >= 4 is 11.8 Å². The molecule has 1 heterocycles. The molecule has 2 aliphatic rings. The number of aryl methyl sites for hydroxylation is 1. The van der Waals surface area contributed by atoms with E-state index >= 15 is 0 Å². The monoisotopic (exact) mass is 599 g/mol. The second kappa shape index (κ2) is 15.2. The first-order valence-electron chi connectivity index (χ1n) is 15.7. The van der Waals surface area contributed by atoms with Gasteiger partial charge in [0.15, 0.2) is 0 Å². The average molecular weight is 600 g/mol. The highest BCUT2D eigenvalue weighted by Crippen LogP contribution is 2.32. The summed E-state index contributed by atoms with van der Waals surface area (Å²) in [7, 11) is 1.66. The smallest absolute Gasteiger partial charge is 0.251 e. The van der Waals surface area contributed by atoms with Crippen LogP contribution in [0.3, 0.4) is 0 Å². The fraction of sp³-hybridized carbons (Fsp3) is 0.444. The van der Waals surface area contributed by atoms with Crippen LogP contribution in [-0.2, 0) is 22.7 Å². The molecule has 3 aromatic rings. The lowest BCUT2D eigenvalue weighted by atomic mass is 9.91. The fourth-order valence-electron chi connectivity index (χ4n) is 5.75. The van der Waals surface area contributed by atoms with Gasteiger partial charge in [0.1, 0.15) is 11.5 Å². The molecule has 3 aromatic carbocycles. The number of hydrogen-bond donors (Lipinski definition) is 2. The largest absolute Gasteiger partial charge is 0.496 e. The molecule has 2 atom stereocenters. The van der Waals surface area contributed by atoms with E-state index in [4.69, 9.17) is 14.2 Å². The maximum atomic E-state index is 13.9. The van der Waals surface area contributed by atoms with Gasteiger partial charge in [0, 0.05) is 42.7 Å². The second-order valence-electron chi connectivity index (χ2n) is 11.8. The van der Waals surface area contributed by atoms with Crippen LogP contribution in [0.5, 0.6) is 11.5 Å². The SMILES string of the molecule is COc1ccccc1COCCCOc1ccc(C(=O)N[C@H]2CCNCC2C(=O)N(Cc2cccc(C)c2C)C2CC2)cc1. The molecule has 1 saturated heterocycles. The van der Waals surface area contributed by atoms with E-state index in [1.54, 1.807) is 19.2 Å². The molecule has 2 amide bonds. The normalized spacial score (nSPS) is 18.0. The van der Waals surface area contributed by atoms with Gasteiger partial charge in [-0.1, -0.05) is 36.4 Å². The number of carbonyl (C=O) groups is 2. The van der Waals surface area contributed by atoms with Gasteiger partial charge in [0.05, 0.1) is 32.8 Å². The maximum absolute atomic E-state index is 13.9. The minimum atomic E-state index is -0.300. The number of hydrogen-bond acceptors (Lipinski definition) is 6. The van der Waals surface area contributed by atoms with Crippen molar-refractivity contribution in [1.82, 2.24) is 15.5 Å². The summed E-state index contributed by atoms with van der Waals surface area (Å²) in [6.45, 7) is 7.75. The molecule has 1 aliphatic heterocycles. The van der Waals surface area contributed by atoms with Gasteiger partial charge in [0.25, 0.3) is 5.91 Å². The van der Waals surface area contributed by atoms with Crippen molar-refractivity contribution in [2.45, 2.75) is 64.8 Å². The summed E-state index contributed by atoms with van der Waals surface area (Å²) in [5.74, 6) is 1.18.